The van der Waals surface area contributed by atoms with Gasteiger partial charge in [0.25, 0.3) is 5.91 Å². The topological polar surface area (TPSA) is 61.0 Å². The number of carbonyl (C=O) groups excluding carboxylic acids is 1. The van der Waals surface area contributed by atoms with Crippen molar-refractivity contribution in [3.63, 3.8) is 0 Å². The van der Waals surface area contributed by atoms with Crippen LogP contribution >= 0.6 is 0 Å². The first-order chi connectivity index (χ1) is 13.8. The minimum atomic E-state index is 0.0938. The van der Waals surface area contributed by atoms with Gasteiger partial charge in [-0.3, -0.25) is 4.79 Å². The number of amides is 1. The number of fused-ring (bicyclic) bond motifs is 1. The number of hydrogen-bond donors (Lipinski definition) is 2. The number of pyridine rings is 1. The van der Waals surface area contributed by atoms with Gasteiger partial charge >= 0.3 is 0 Å². The predicted octanol–water partition coefficient (Wildman–Crippen LogP) is 4.40. The first kappa shape index (κ1) is 17.3. The Balaban J connectivity index is 1.19. The molecule has 2 aromatic heterocycles. The molecule has 5 heteroatoms. The van der Waals surface area contributed by atoms with Gasteiger partial charge in [-0.25, -0.2) is 4.98 Å². The fourth-order valence-corrected chi connectivity index (χ4v) is 4.09. The molecule has 1 aliphatic heterocycles. The lowest BCUT2D eigenvalue weighted by atomic mass is 9.93. The number of likely N-dealkylation sites (tertiary alicyclic amines) is 1. The summed E-state index contributed by atoms with van der Waals surface area (Å²) >= 11 is 0. The number of aromatic nitrogens is 2. The van der Waals surface area contributed by atoms with Gasteiger partial charge in [-0.05, 0) is 61.3 Å². The third kappa shape index (κ3) is 3.61. The highest BCUT2D eigenvalue weighted by Crippen LogP contribution is 2.31. The summed E-state index contributed by atoms with van der Waals surface area (Å²) in [5.74, 6) is 2.25. The molecule has 0 unspecified atom stereocenters. The number of piperidine rings is 1. The van der Waals surface area contributed by atoms with Crippen LogP contribution < -0.4 is 5.32 Å². The van der Waals surface area contributed by atoms with Crippen LogP contribution in [0.2, 0.25) is 0 Å². The molecule has 5 rings (SSSR count). The maximum atomic E-state index is 12.8. The monoisotopic (exact) mass is 374 g/mol. The van der Waals surface area contributed by atoms with E-state index in [4.69, 9.17) is 0 Å². The Morgan fingerprint density at radius 1 is 1.11 bits per heavy atom. The molecule has 0 atom stereocenters. The molecule has 0 radical (unpaired) electrons. The number of benzene rings is 1. The first-order valence-corrected chi connectivity index (χ1v) is 10.3. The van der Waals surface area contributed by atoms with E-state index < -0.39 is 0 Å². The van der Waals surface area contributed by atoms with Gasteiger partial charge in [-0.1, -0.05) is 18.2 Å². The lowest BCUT2D eigenvalue weighted by Crippen LogP contribution is -2.38. The van der Waals surface area contributed by atoms with Crippen LogP contribution in [-0.4, -0.2) is 40.4 Å². The number of nitrogens with zero attached hydrogens (tertiary/aromatic N) is 2. The fraction of sp³-hybridized carbons (Fsp3) is 0.391. The molecule has 2 fully saturated rings. The molecule has 1 saturated carbocycles. The van der Waals surface area contributed by atoms with E-state index in [1.807, 2.05) is 17.0 Å². The maximum Gasteiger partial charge on any atom is 0.255 e. The summed E-state index contributed by atoms with van der Waals surface area (Å²) in [4.78, 5) is 22.8. The van der Waals surface area contributed by atoms with Gasteiger partial charge in [-0.15, -0.1) is 0 Å². The van der Waals surface area contributed by atoms with E-state index in [2.05, 4.69) is 45.6 Å². The number of H-pyrrole nitrogens is 1. The second-order valence-corrected chi connectivity index (χ2v) is 8.13. The number of aromatic amines is 1. The minimum Gasteiger partial charge on any atom is -0.370 e. The van der Waals surface area contributed by atoms with Crippen LogP contribution in [0.1, 0.15) is 47.7 Å². The van der Waals surface area contributed by atoms with E-state index >= 15 is 0 Å². The van der Waals surface area contributed by atoms with Gasteiger partial charge in [0.2, 0.25) is 0 Å². The van der Waals surface area contributed by atoms with E-state index in [1.165, 1.54) is 29.4 Å². The summed E-state index contributed by atoms with van der Waals surface area (Å²) in [6, 6.07) is 14.5. The van der Waals surface area contributed by atoms with Crippen molar-refractivity contribution in [2.45, 2.75) is 31.6 Å². The molecule has 3 heterocycles. The SMILES string of the molecule is O=C(c1ccc(NCC2CC2)nc1)N1CCC(c2cc3ccccc3[nH]2)CC1. The van der Waals surface area contributed by atoms with E-state index in [1.54, 1.807) is 6.20 Å². The zero-order chi connectivity index (χ0) is 18.9. The Labute approximate surface area is 165 Å². The quantitative estimate of drug-likeness (QED) is 0.696. The molecule has 1 amide bonds. The fourth-order valence-electron chi connectivity index (χ4n) is 4.09. The van der Waals surface area contributed by atoms with Crippen LogP contribution in [0.4, 0.5) is 5.82 Å². The first-order valence-electron chi connectivity index (χ1n) is 10.3. The molecule has 0 spiro atoms. The van der Waals surface area contributed by atoms with Crippen LogP contribution in [0.3, 0.4) is 0 Å². The second kappa shape index (κ2) is 7.30. The van der Waals surface area contributed by atoms with Crippen LogP contribution in [0.5, 0.6) is 0 Å². The van der Waals surface area contributed by atoms with Gasteiger partial charge < -0.3 is 15.2 Å². The van der Waals surface area contributed by atoms with Gasteiger partial charge in [0.15, 0.2) is 0 Å². The van der Waals surface area contributed by atoms with Crippen LogP contribution in [0.25, 0.3) is 10.9 Å². The van der Waals surface area contributed by atoms with Crippen molar-refractivity contribution in [1.82, 2.24) is 14.9 Å². The normalized spacial score (nSPS) is 17.8. The molecule has 144 valence electrons. The molecular weight excluding hydrogens is 348 g/mol. The molecule has 1 aliphatic carbocycles. The standard InChI is InChI=1S/C23H26N4O/c28-23(19-7-8-22(25-15-19)24-14-16-5-6-16)27-11-9-17(10-12-27)21-13-18-3-1-2-4-20(18)26-21/h1-4,7-8,13,15-17,26H,5-6,9-12,14H2,(H,24,25). The maximum absolute atomic E-state index is 12.8. The van der Waals surface area contributed by atoms with Crippen molar-refractivity contribution in [3.8, 4) is 0 Å². The van der Waals surface area contributed by atoms with E-state index in [0.717, 1.165) is 44.2 Å². The van der Waals surface area contributed by atoms with Gasteiger partial charge in [0.05, 0.1) is 5.56 Å². The summed E-state index contributed by atoms with van der Waals surface area (Å²) in [6.45, 7) is 2.57. The largest absolute Gasteiger partial charge is 0.370 e. The van der Waals surface area contributed by atoms with Crippen LogP contribution in [-0.2, 0) is 0 Å². The number of nitrogens with one attached hydrogen (secondary N) is 2. The van der Waals surface area contributed by atoms with E-state index in [-0.39, 0.29) is 5.91 Å². The Hall–Kier alpha value is -2.82. The average Bonchev–Trinajstić information content (AvgIpc) is 3.48. The Bertz CT molecular complexity index is 933. The molecular formula is C23H26N4O. The van der Waals surface area contributed by atoms with Crippen molar-refractivity contribution in [2.75, 3.05) is 25.0 Å². The van der Waals surface area contributed by atoms with E-state index in [9.17, 15) is 4.79 Å². The number of para-hydroxylation sites is 1. The van der Waals surface area contributed by atoms with Crippen LogP contribution in [0, 0.1) is 5.92 Å². The summed E-state index contributed by atoms with van der Waals surface area (Å²) < 4.78 is 0. The molecule has 2 aliphatic rings. The summed E-state index contributed by atoms with van der Waals surface area (Å²) in [5.41, 5.74) is 3.17. The highest BCUT2D eigenvalue weighted by atomic mass is 16.2. The van der Waals surface area contributed by atoms with Crippen LogP contribution in [0.15, 0.2) is 48.7 Å². The van der Waals surface area contributed by atoms with E-state index in [0.29, 0.717) is 11.5 Å². The molecule has 5 nitrogen and oxygen atoms in total. The van der Waals surface area contributed by atoms with Gasteiger partial charge in [0, 0.05) is 43.0 Å². The zero-order valence-corrected chi connectivity index (χ0v) is 16.0. The summed E-state index contributed by atoms with van der Waals surface area (Å²) in [6.07, 6.45) is 6.33. The van der Waals surface area contributed by atoms with Gasteiger partial charge in [-0.2, -0.15) is 0 Å². The van der Waals surface area contributed by atoms with Crippen molar-refractivity contribution < 1.29 is 4.79 Å². The third-order valence-electron chi connectivity index (χ3n) is 6.05. The van der Waals surface area contributed by atoms with Crippen molar-refractivity contribution in [2.24, 2.45) is 5.92 Å². The molecule has 28 heavy (non-hydrogen) atoms. The molecule has 3 aromatic rings. The number of rotatable bonds is 5. The molecule has 1 saturated heterocycles. The Morgan fingerprint density at radius 2 is 1.93 bits per heavy atom. The van der Waals surface area contributed by atoms with Gasteiger partial charge in [0.1, 0.15) is 5.82 Å². The lowest BCUT2D eigenvalue weighted by molar-refractivity contribution is 0.0712. The second-order valence-electron chi connectivity index (χ2n) is 8.13. The number of hydrogen-bond acceptors (Lipinski definition) is 3. The predicted molar refractivity (Wildman–Crippen MR) is 112 cm³/mol. The number of carbonyl (C=O) groups is 1. The third-order valence-corrected chi connectivity index (χ3v) is 6.05. The molecule has 1 aromatic carbocycles. The van der Waals surface area contributed by atoms with Crippen molar-refractivity contribution in [3.05, 3.63) is 59.9 Å². The van der Waals surface area contributed by atoms with Crippen molar-refractivity contribution in [1.29, 1.82) is 0 Å². The summed E-state index contributed by atoms with van der Waals surface area (Å²) in [7, 11) is 0. The van der Waals surface area contributed by atoms with Crippen molar-refractivity contribution >= 4 is 22.6 Å². The highest BCUT2D eigenvalue weighted by Gasteiger charge is 2.26. The molecule has 0 bridgehead atoms. The minimum absolute atomic E-state index is 0.0938. The number of anilines is 1. The Kier molecular flexibility index (Phi) is 4.51. The highest BCUT2D eigenvalue weighted by molar-refractivity contribution is 5.94. The summed E-state index contributed by atoms with van der Waals surface area (Å²) in [5, 5.41) is 4.61. The zero-order valence-electron chi connectivity index (χ0n) is 16.0. The lowest BCUT2D eigenvalue weighted by Gasteiger charge is -2.31. The Morgan fingerprint density at radius 3 is 2.64 bits per heavy atom. The molecule has 2 N–H and O–H groups in total. The smallest absolute Gasteiger partial charge is 0.255 e. The average molecular weight is 374 g/mol.